The van der Waals surface area contributed by atoms with Crippen LogP contribution in [0.5, 0.6) is 0 Å². The summed E-state index contributed by atoms with van der Waals surface area (Å²) in [7, 11) is 0. The van der Waals surface area contributed by atoms with Gasteiger partial charge in [-0.05, 0) is 39.4 Å². The highest BCUT2D eigenvalue weighted by Crippen LogP contribution is 2.18. The Hall–Kier alpha value is -1.82. The first-order valence-electron chi connectivity index (χ1n) is 7.27. The van der Waals surface area contributed by atoms with E-state index in [-0.39, 0.29) is 17.6 Å². The van der Waals surface area contributed by atoms with Crippen LogP contribution in [0.4, 0.5) is 0 Å². The number of aromatic carboxylic acids is 1. The third-order valence-electron chi connectivity index (χ3n) is 3.68. The Labute approximate surface area is 125 Å². The molecule has 1 unspecified atom stereocenters. The molecule has 0 aliphatic carbocycles. The first kappa shape index (κ1) is 17.2. The highest BCUT2D eigenvalue weighted by Gasteiger charge is 2.22. The maximum absolute atomic E-state index is 12.3. The van der Waals surface area contributed by atoms with E-state index in [2.05, 4.69) is 29.0 Å². The zero-order chi connectivity index (χ0) is 16.2. The molecule has 0 saturated heterocycles. The van der Waals surface area contributed by atoms with Crippen LogP contribution in [0.1, 0.15) is 52.9 Å². The van der Waals surface area contributed by atoms with Gasteiger partial charge in [0.25, 0.3) is 5.91 Å². The normalized spacial score (nSPS) is 12.5. The molecule has 0 aromatic carbocycles. The minimum Gasteiger partial charge on any atom is -0.477 e. The van der Waals surface area contributed by atoms with E-state index >= 15 is 0 Å². The van der Waals surface area contributed by atoms with Crippen LogP contribution in [-0.4, -0.2) is 52.5 Å². The quantitative estimate of drug-likeness (QED) is 0.716. The number of carbonyl (C=O) groups excluding carboxylic acids is 1. The van der Waals surface area contributed by atoms with Gasteiger partial charge in [0.1, 0.15) is 5.69 Å². The molecule has 1 amide bonds. The summed E-state index contributed by atoms with van der Waals surface area (Å²) in [5, 5.41) is 12.0. The van der Waals surface area contributed by atoms with Crippen LogP contribution in [0.3, 0.4) is 0 Å². The Balaban J connectivity index is 2.83. The van der Waals surface area contributed by atoms with Gasteiger partial charge in [-0.15, -0.1) is 0 Å². The third kappa shape index (κ3) is 4.07. The van der Waals surface area contributed by atoms with Crippen LogP contribution in [0, 0.1) is 13.8 Å². The molecule has 1 rings (SSSR count). The fraction of sp³-hybridized carbons (Fsp3) is 0.600. The number of carboxylic acid groups (broad SMARTS) is 1. The molecule has 1 aromatic heterocycles. The second-order valence-electron chi connectivity index (χ2n) is 5.29. The molecular formula is C15H25N3O3. The van der Waals surface area contributed by atoms with Gasteiger partial charge in [0, 0.05) is 18.3 Å². The fourth-order valence-corrected chi connectivity index (χ4v) is 2.52. The average molecular weight is 295 g/mol. The van der Waals surface area contributed by atoms with E-state index in [9.17, 15) is 9.59 Å². The minimum atomic E-state index is -1.05. The average Bonchev–Trinajstić information content (AvgIpc) is 2.71. The third-order valence-corrected chi connectivity index (χ3v) is 3.68. The Kier molecular flexibility index (Phi) is 5.96. The molecule has 0 spiro atoms. The maximum Gasteiger partial charge on any atom is 0.352 e. The van der Waals surface area contributed by atoms with E-state index in [4.69, 9.17) is 5.11 Å². The Morgan fingerprint density at radius 2 is 1.86 bits per heavy atom. The standard InChI is InChI=1S/C15H25N3O3/c1-6-18(7-2)8-9(3)16-14(19)12-10(4)13(15(20)21)17-11(12)5/h9,17H,6-8H2,1-5H3,(H,16,19)(H,20,21). The number of nitrogens with one attached hydrogen (secondary N) is 2. The summed E-state index contributed by atoms with van der Waals surface area (Å²) in [6.45, 7) is 12.1. The second-order valence-corrected chi connectivity index (χ2v) is 5.29. The van der Waals surface area contributed by atoms with Crippen molar-refractivity contribution in [3.05, 3.63) is 22.5 Å². The molecule has 0 fully saturated rings. The second kappa shape index (κ2) is 7.26. The topological polar surface area (TPSA) is 85.4 Å². The van der Waals surface area contributed by atoms with E-state index in [1.165, 1.54) is 0 Å². The highest BCUT2D eigenvalue weighted by atomic mass is 16.4. The molecular weight excluding hydrogens is 270 g/mol. The summed E-state index contributed by atoms with van der Waals surface area (Å²) in [5.74, 6) is -1.28. The van der Waals surface area contributed by atoms with E-state index in [1.54, 1.807) is 13.8 Å². The number of nitrogens with zero attached hydrogens (tertiary/aromatic N) is 1. The smallest absolute Gasteiger partial charge is 0.352 e. The molecule has 0 saturated carbocycles. The number of likely N-dealkylation sites (N-methyl/N-ethyl adjacent to an activating group) is 1. The van der Waals surface area contributed by atoms with Crippen LogP contribution in [-0.2, 0) is 0 Å². The summed E-state index contributed by atoms with van der Waals surface area (Å²) in [6.07, 6.45) is 0. The largest absolute Gasteiger partial charge is 0.477 e. The Morgan fingerprint density at radius 3 is 2.29 bits per heavy atom. The maximum atomic E-state index is 12.3. The fourth-order valence-electron chi connectivity index (χ4n) is 2.52. The highest BCUT2D eigenvalue weighted by molar-refractivity contribution is 6.00. The number of aromatic amines is 1. The van der Waals surface area contributed by atoms with Crippen molar-refractivity contribution >= 4 is 11.9 Å². The van der Waals surface area contributed by atoms with Crippen molar-refractivity contribution in [1.82, 2.24) is 15.2 Å². The zero-order valence-electron chi connectivity index (χ0n) is 13.4. The first-order chi connectivity index (χ1) is 9.81. The van der Waals surface area contributed by atoms with Gasteiger partial charge in [0.05, 0.1) is 5.56 Å². The number of hydrogen-bond acceptors (Lipinski definition) is 3. The lowest BCUT2D eigenvalue weighted by atomic mass is 10.1. The number of carboxylic acids is 1. The molecule has 1 heterocycles. The van der Waals surface area contributed by atoms with Crippen LogP contribution in [0.25, 0.3) is 0 Å². The van der Waals surface area contributed by atoms with Gasteiger partial charge in [-0.2, -0.15) is 0 Å². The molecule has 1 aromatic rings. The molecule has 1 atom stereocenters. The van der Waals surface area contributed by atoms with Gasteiger partial charge in [0.2, 0.25) is 0 Å². The van der Waals surface area contributed by atoms with Gasteiger partial charge in [-0.1, -0.05) is 13.8 Å². The lowest BCUT2D eigenvalue weighted by Crippen LogP contribution is -2.42. The summed E-state index contributed by atoms with van der Waals surface area (Å²) in [4.78, 5) is 28.4. The van der Waals surface area contributed by atoms with Gasteiger partial charge in [-0.3, -0.25) is 4.79 Å². The predicted molar refractivity (Wildman–Crippen MR) is 81.9 cm³/mol. The lowest BCUT2D eigenvalue weighted by Gasteiger charge is -2.23. The van der Waals surface area contributed by atoms with Crippen LogP contribution >= 0.6 is 0 Å². The van der Waals surface area contributed by atoms with Crippen molar-refractivity contribution in [2.75, 3.05) is 19.6 Å². The lowest BCUT2D eigenvalue weighted by molar-refractivity contribution is 0.0690. The monoisotopic (exact) mass is 295 g/mol. The van der Waals surface area contributed by atoms with Crippen LogP contribution in [0.15, 0.2) is 0 Å². The number of amides is 1. The molecule has 0 aliphatic heterocycles. The van der Waals surface area contributed by atoms with Gasteiger partial charge in [-0.25, -0.2) is 4.79 Å². The number of carbonyl (C=O) groups is 2. The zero-order valence-corrected chi connectivity index (χ0v) is 13.4. The molecule has 3 N–H and O–H groups in total. The van der Waals surface area contributed by atoms with Gasteiger partial charge in [0.15, 0.2) is 0 Å². The van der Waals surface area contributed by atoms with Crippen molar-refractivity contribution in [2.24, 2.45) is 0 Å². The van der Waals surface area contributed by atoms with E-state index < -0.39 is 5.97 Å². The summed E-state index contributed by atoms with van der Waals surface area (Å²) in [5.41, 5.74) is 1.57. The number of H-pyrrole nitrogens is 1. The Bertz CT molecular complexity index is 518. The molecule has 0 bridgehead atoms. The van der Waals surface area contributed by atoms with E-state index in [0.717, 1.165) is 19.6 Å². The van der Waals surface area contributed by atoms with E-state index in [0.29, 0.717) is 16.8 Å². The first-order valence-corrected chi connectivity index (χ1v) is 7.27. The summed E-state index contributed by atoms with van der Waals surface area (Å²) in [6, 6.07) is -0.000576. The number of hydrogen-bond donors (Lipinski definition) is 3. The van der Waals surface area contributed by atoms with Crippen molar-refractivity contribution in [3.63, 3.8) is 0 Å². The molecule has 0 radical (unpaired) electrons. The minimum absolute atomic E-state index is 0.000576. The molecule has 118 valence electrons. The van der Waals surface area contributed by atoms with Crippen molar-refractivity contribution in [1.29, 1.82) is 0 Å². The summed E-state index contributed by atoms with van der Waals surface area (Å²) < 4.78 is 0. The summed E-state index contributed by atoms with van der Waals surface area (Å²) >= 11 is 0. The predicted octanol–water partition coefficient (Wildman–Crippen LogP) is 1.79. The van der Waals surface area contributed by atoms with Gasteiger partial charge >= 0.3 is 5.97 Å². The Morgan fingerprint density at radius 1 is 1.29 bits per heavy atom. The van der Waals surface area contributed by atoms with Gasteiger partial charge < -0.3 is 20.3 Å². The SMILES string of the molecule is CCN(CC)CC(C)NC(=O)c1c(C)[nH]c(C(=O)O)c1C. The number of aromatic nitrogens is 1. The molecule has 0 aliphatic rings. The van der Waals surface area contributed by atoms with Crippen LogP contribution in [0.2, 0.25) is 0 Å². The van der Waals surface area contributed by atoms with Crippen molar-refractivity contribution < 1.29 is 14.7 Å². The number of aryl methyl sites for hydroxylation is 1. The molecule has 6 nitrogen and oxygen atoms in total. The van der Waals surface area contributed by atoms with Crippen molar-refractivity contribution in [2.45, 2.75) is 40.7 Å². The van der Waals surface area contributed by atoms with Crippen molar-refractivity contribution in [3.8, 4) is 0 Å². The molecule has 21 heavy (non-hydrogen) atoms. The molecule has 6 heteroatoms. The van der Waals surface area contributed by atoms with Crippen LogP contribution < -0.4 is 5.32 Å². The van der Waals surface area contributed by atoms with E-state index in [1.807, 2.05) is 6.92 Å². The number of rotatable bonds is 7.